The first kappa shape index (κ1) is 21.7. The SMILES string of the molecule is COC(=O)CSC/C=C/c1ccc(Cc2nc(-c3ccc(N(C)C)nc3)oc2C)o1. The van der Waals surface area contributed by atoms with E-state index >= 15 is 0 Å². The number of aryl methyl sites for hydroxylation is 1. The van der Waals surface area contributed by atoms with Crippen molar-refractivity contribution in [2.24, 2.45) is 0 Å². The first-order valence-electron chi connectivity index (χ1n) is 9.46. The number of hydrogen-bond donors (Lipinski definition) is 0. The highest BCUT2D eigenvalue weighted by atomic mass is 32.2. The molecule has 0 aliphatic carbocycles. The minimum absolute atomic E-state index is 0.222. The lowest BCUT2D eigenvalue weighted by Gasteiger charge is -2.10. The maximum absolute atomic E-state index is 11.1. The van der Waals surface area contributed by atoms with Crippen LogP contribution in [0.3, 0.4) is 0 Å². The van der Waals surface area contributed by atoms with Gasteiger partial charge in [-0.2, -0.15) is 0 Å². The van der Waals surface area contributed by atoms with Crippen molar-refractivity contribution in [3.8, 4) is 11.5 Å². The molecule has 3 aromatic heterocycles. The van der Waals surface area contributed by atoms with Gasteiger partial charge in [0.05, 0.1) is 30.5 Å². The quantitative estimate of drug-likeness (QED) is 0.371. The largest absolute Gasteiger partial charge is 0.468 e. The molecule has 0 spiro atoms. The molecule has 0 unspecified atom stereocenters. The van der Waals surface area contributed by atoms with Gasteiger partial charge in [0.1, 0.15) is 23.1 Å². The first-order valence-corrected chi connectivity index (χ1v) is 10.6. The van der Waals surface area contributed by atoms with E-state index < -0.39 is 0 Å². The highest BCUT2D eigenvalue weighted by Gasteiger charge is 2.14. The average Bonchev–Trinajstić information content (AvgIpc) is 3.34. The molecule has 0 atom stereocenters. The van der Waals surface area contributed by atoms with Crippen molar-refractivity contribution in [3.05, 3.63) is 59.5 Å². The molecule has 0 bridgehead atoms. The molecular formula is C22H25N3O4S. The number of hydrogen-bond acceptors (Lipinski definition) is 8. The number of aromatic nitrogens is 2. The van der Waals surface area contributed by atoms with Crippen LogP contribution in [0.1, 0.15) is 23.0 Å². The number of pyridine rings is 1. The number of carbonyl (C=O) groups excluding carboxylic acids is 1. The molecule has 3 aromatic rings. The van der Waals surface area contributed by atoms with Crippen LogP contribution in [0.5, 0.6) is 0 Å². The van der Waals surface area contributed by atoms with E-state index in [4.69, 9.17) is 8.83 Å². The third-order valence-corrected chi connectivity index (χ3v) is 5.18. The summed E-state index contributed by atoms with van der Waals surface area (Å²) >= 11 is 1.49. The van der Waals surface area contributed by atoms with Gasteiger partial charge in [-0.1, -0.05) is 6.08 Å². The number of ether oxygens (including phenoxy) is 1. The van der Waals surface area contributed by atoms with Gasteiger partial charge in [-0.15, -0.1) is 11.8 Å². The highest BCUT2D eigenvalue weighted by molar-refractivity contribution is 8.00. The number of nitrogens with zero attached hydrogens (tertiary/aromatic N) is 3. The van der Waals surface area contributed by atoms with Gasteiger partial charge in [-0.25, -0.2) is 9.97 Å². The van der Waals surface area contributed by atoms with E-state index in [0.717, 1.165) is 34.4 Å². The van der Waals surface area contributed by atoms with Crippen LogP contribution in [0.4, 0.5) is 5.82 Å². The van der Waals surface area contributed by atoms with E-state index in [1.165, 1.54) is 18.9 Å². The summed E-state index contributed by atoms with van der Waals surface area (Å²) in [7, 11) is 5.28. The maximum atomic E-state index is 11.1. The van der Waals surface area contributed by atoms with E-state index in [1.54, 1.807) is 6.20 Å². The number of thioether (sulfide) groups is 1. The molecule has 30 heavy (non-hydrogen) atoms. The van der Waals surface area contributed by atoms with E-state index in [0.29, 0.717) is 23.8 Å². The summed E-state index contributed by atoms with van der Waals surface area (Å²) in [5, 5.41) is 0. The van der Waals surface area contributed by atoms with Crippen LogP contribution in [-0.2, 0) is 16.0 Å². The molecule has 158 valence electrons. The van der Waals surface area contributed by atoms with Crippen LogP contribution >= 0.6 is 11.8 Å². The van der Waals surface area contributed by atoms with Crippen LogP contribution in [0.25, 0.3) is 17.5 Å². The standard InChI is InChI=1S/C22H25N3O4S/c1-15-19(24-22(28-15)16-7-10-20(23-13-16)25(2)3)12-18-9-8-17(29-18)6-5-11-30-14-21(26)27-4/h5-10,13H,11-12,14H2,1-4H3/b6-5+. The fourth-order valence-corrected chi connectivity index (χ4v) is 3.30. The number of esters is 1. The van der Waals surface area contributed by atoms with Gasteiger partial charge in [0.15, 0.2) is 0 Å². The van der Waals surface area contributed by atoms with Crippen molar-refractivity contribution in [2.75, 3.05) is 37.6 Å². The monoisotopic (exact) mass is 427 g/mol. The van der Waals surface area contributed by atoms with Gasteiger partial charge in [-0.05, 0) is 37.3 Å². The normalized spacial score (nSPS) is 11.2. The zero-order valence-corrected chi connectivity index (χ0v) is 18.4. The Morgan fingerprint density at radius 2 is 2.07 bits per heavy atom. The van der Waals surface area contributed by atoms with Crippen LogP contribution in [0.2, 0.25) is 0 Å². The van der Waals surface area contributed by atoms with Gasteiger partial charge < -0.3 is 18.5 Å². The minimum atomic E-state index is -0.222. The predicted octanol–water partition coefficient (Wildman–Crippen LogP) is 4.21. The van der Waals surface area contributed by atoms with Gasteiger partial charge in [0.25, 0.3) is 0 Å². The number of rotatable bonds is 9. The smallest absolute Gasteiger partial charge is 0.315 e. The lowest BCUT2D eigenvalue weighted by molar-refractivity contribution is -0.137. The van der Waals surface area contributed by atoms with Gasteiger partial charge in [0, 0.05) is 26.0 Å². The molecule has 0 aliphatic rings. The zero-order valence-electron chi connectivity index (χ0n) is 17.5. The Morgan fingerprint density at radius 3 is 2.77 bits per heavy atom. The lowest BCUT2D eigenvalue weighted by Crippen LogP contribution is -2.09. The zero-order chi connectivity index (χ0) is 21.5. The Kier molecular flexibility index (Phi) is 7.35. The topological polar surface area (TPSA) is 81.6 Å². The number of oxazole rings is 1. The number of anilines is 1. The molecule has 0 aromatic carbocycles. The van der Waals surface area contributed by atoms with E-state index in [1.807, 2.05) is 62.3 Å². The fraction of sp³-hybridized carbons (Fsp3) is 0.318. The molecule has 7 nitrogen and oxygen atoms in total. The molecule has 0 radical (unpaired) electrons. The second-order valence-corrected chi connectivity index (χ2v) is 7.83. The van der Waals surface area contributed by atoms with Crippen molar-refractivity contribution in [1.82, 2.24) is 9.97 Å². The second kappa shape index (κ2) is 10.2. The molecule has 0 saturated heterocycles. The molecule has 0 fully saturated rings. The molecule has 0 N–H and O–H groups in total. The Labute approximate surface area is 180 Å². The summed E-state index contributed by atoms with van der Waals surface area (Å²) in [6.45, 7) is 1.90. The molecule has 8 heteroatoms. The van der Waals surface area contributed by atoms with Gasteiger partial charge >= 0.3 is 5.97 Å². The Morgan fingerprint density at radius 1 is 1.23 bits per heavy atom. The summed E-state index contributed by atoms with van der Waals surface area (Å²) < 4.78 is 16.3. The third kappa shape index (κ3) is 5.76. The van der Waals surface area contributed by atoms with Crippen molar-refractivity contribution in [2.45, 2.75) is 13.3 Å². The number of methoxy groups -OCH3 is 1. The van der Waals surface area contributed by atoms with Gasteiger partial charge in [-0.3, -0.25) is 4.79 Å². The van der Waals surface area contributed by atoms with Crippen molar-refractivity contribution >= 4 is 29.6 Å². The van der Waals surface area contributed by atoms with Crippen LogP contribution in [-0.4, -0.2) is 48.6 Å². The Hall–Kier alpha value is -3.00. The molecule has 0 saturated carbocycles. The van der Waals surface area contributed by atoms with E-state index in [2.05, 4.69) is 14.7 Å². The summed E-state index contributed by atoms with van der Waals surface area (Å²) in [6.07, 6.45) is 6.16. The Balaban J connectivity index is 1.60. The third-order valence-electron chi connectivity index (χ3n) is 4.31. The molecule has 0 amide bonds. The summed E-state index contributed by atoms with van der Waals surface area (Å²) in [5.41, 5.74) is 1.67. The van der Waals surface area contributed by atoms with Crippen LogP contribution < -0.4 is 4.90 Å². The molecular weight excluding hydrogens is 402 g/mol. The highest BCUT2D eigenvalue weighted by Crippen LogP contribution is 2.24. The second-order valence-electron chi connectivity index (χ2n) is 6.80. The fourth-order valence-electron chi connectivity index (χ4n) is 2.67. The average molecular weight is 428 g/mol. The first-order chi connectivity index (χ1) is 14.5. The van der Waals surface area contributed by atoms with Gasteiger partial charge in [0.2, 0.25) is 5.89 Å². The Bertz CT molecular complexity index is 1010. The number of carbonyl (C=O) groups is 1. The molecule has 3 rings (SSSR count). The van der Waals surface area contributed by atoms with Crippen molar-refractivity contribution in [3.63, 3.8) is 0 Å². The summed E-state index contributed by atoms with van der Waals surface area (Å²) in [4.78, 5) is 22.1. The van der Waals surface area contributed by atoms with Crippen LogP contribution in [0, 0.1) is 6.92 Å². The van der Waals surface area contributed by atoms with Crippen molar-refractivity contribution < 1.29 is 18.4 Å². The summed E-state index contributed by atoms with van der Waals surface area (Å²) in [6, 6.07) is 7.73. The lowest BCUT2D eigenvalue weighted by atomic mass is 10.2. The summed E-state index contributed by atoms with van der Waals surface area (Å²) in [5.74, 6) is 4.57. The van der Waals surface area contributed by atoms with E-state index in [-0.39, 0.29) is 5.97 Å². The number of furan rings is 1. The maximum Gasteiger partial charge on any atom is 0.315 e. The van der Waals surface area contributed by atoms with Crippen molar-refractivity contribution in [1.29, 1.82) is 0 Å². The van der Waals surface area contributed by atoms with E-state index in [9.17, 15) is 4.79 Å². The van der Waals surface area contributed by atoms with Crippen LogP contribution in [0.15, 0.2) is 45.4 Å². The molecule has 0 aliphatic heterocycles. The minimum Gasteiger partial charge on any atom is -0.468 e. The predicted molar refractivity (Wildman–Crippen MR) is 119 cm³/mol. The molecule has 3 heterocycles.